The lowest BCUT2D eigenvalue weighted by molar-refractivity contribution is -0.137. The maximum Gasteiger partial charge on any atom is 0.346 e. The van der Waals surface area contributed by atoms with Gasteiger partial charge in [0.05, 0.1) is 24.2 Å². The van der Waals surface area contributed by atoms with Crippen LogP contribution >= 0.6 is 23.4 Å². The first-order valence-corrected chi connectivity index (χ1v) is 11.5. The van der Waals surface area contributed by atoms with Crippen molar-refractivity contribution in [1.82, 2.24) is 15.9 Å². The van der Waals surface area contributed by atoms with E-state index in [-0.39, 0.29) is 24.6 Å². The molecule has 7 nitrogen and oxygen atoms in total. The summed E-state index contributed by atoms with van der Waals surface area (Å²) in [4.78, 5) is 33.0. The van der Waals surface area contributed by atoms with Crippen molar-refractivity contribution >= 4 is 41.0 Å². The molecule has 166 valence electrons. The number of carbonyl (C=O) groups is 2. The van der Waals surface area contributed by atoms with Gasteiger partial charge < -0.3 is 0 Å². The normalized spacial score (nSPS) is 13.6. The number of fused-ring (bicyclic) bond motifs is 1. The van der Waals surface area contributed by atoms with Gasteiger partial charge in [0.1, 0.15) is 0 Å². The number of carbonyl (C=O) groups excluding carboxylic acids is 2. The average molecular weight is 463 g/mol. The van der Waals surface area contributed by atoms with E-state index in [1.165, 1.54) is 11.9 Å². The highest BCUT2D eigenvalue weighted by atomic mass is 35.5. The summed E-state index contributed by atoms with van der Waals surface area (Å²) in [6.45, 7) is 6.03. The zero-order valence-electron chi connectivity index (χ0n) is 17.9. The lowest BCUT2D eigenvalue weighted by atomic mass is 10.2. The molecule has 0 unspecified atom stereocenters. The maximum atomic E-state index is 12.6. The molecule has 0 bridgehead atoms. The van der Waals surface area contributed by atoms with E-state index < -0.39 is 0 Å². The van der Waals surface area contributed by atoms with Crippen LogP contribution in [0.5, 0.6) is 0 Å². The Morgan fingerprint density at radius 3 is 2.77 bits per heavy atom. The summed E-state index contributed by atoms with van der Waals surface area (Å²) in [7, 11) is 0. The Morgan fingerprint density at radius 2 is 2.06 bits per heavy atom. The summed E-state index contributed by atoms with van der Waals surface area (Å²) >= 11 is 7.82. The molecule has 2 N–H and O–H groups in total. The monoisotopic (exact) mass is 462 g/mol. The topological polar surface area (TPSA) is 73.9 Å². The summed E-state index contributed by atoms with van der Waals surface area (Å²) in [5.74, 6) is 0.388. The molecule has 3 amide bonds. The number of anilines is 1. The zero-order valence-corrected chi connectivity index (χ0v) is 19.4. The number of nitrogens with zero attached hydrogens (tertiary/aromatic N) is 2. The van der Waals surface area contributed by atoms with E-state index in [9.17, 15) is 9.59 Å². The van der Waals surface area contributed by atoms with Crippen molar-refractivity contribution in [3.8, 4) is 0 Å². The molecule has 0 radical (unpaired) electrons. The van der Waals surface area contributed by atoms with Crippen molar-refractivity contribution in [2.24, 2.45) is 0 Å². The Kier molecular flexibility index (Phi) is 8.20. The van der Waals surface area contributed by atoms with Gasteiger partial charge in [-0.05, 0) is 42.7 Å². The van der Waals surface area contributed by atoms with E-state index in [2.05, 4.69) is 17.0 Å². The molecule has 31 heavy (non-hydrogen) atoms. The second-order valence-corrected chi connectivity index (χ2v) is 8.66. The van der Waals surface area contributed by atoms with Crippen molar-refractivity contribution in [2.75, 3.05) is 17.4 Å². The Balaban J connectivity index is 1.54. The Bertz CT molecular complexity index is 943. The fourth-order valence-corrected chi connectivity index (χ4v) is 4.59. The molecule has 2 aromatic rings. The summed E-state index contributed by atoms with van der Waals surface area (Å²) < 4.78 is 0. The third kappa shape index (κ3) is 5.92. The highest BCUT2D eigenvalue weighted by Gasteiger charge is 2.26. The molecule has 0 spiro atoms. The second kappa shape index (κ2) is 10.9. The Hall–Kier alpha value is -2.26. The number of hydrogen-bond acceptors (Lipinski definition) is 5. The number of hydrazine groups is 1. The summed E-state index contributed by atoms with van der Waals surface area (Å²) in [5, 5.41) is 2.16. The van der Waals surface area contributed by atoms with Crippen LogP contribution in [-0.4, -0.2) is 35.5 Å². The van der Waals surface area contributed by atoms with Crippen LogP contribution in [0.15, 0.2) is 47.4 Å². The quantitative estimate of drug-likeness (QED) is 0.565. The smallest absolute Gasteiger partial charge is 0.282 e. The summed E-state index contributed by atoms with van der Waals surface area (Å²) in [5.41, 5.74) is 8.56. The number of thioether (sulfide) groups is 1. The van der Waals surface area contributed by atoms with Crippen LogP contribution in [0.3, 0.4) is 0 Å². The lowest BCUT2D eigenvalue weighted by Crippen LogP contribution is -2.51. The van der Waals surface area contributed by atoms with Crippen LogP contribution in [0.1, 0.15) is 31.4 Å². The number of nitrogens with one attached hydrogen (secondary N) is 2. The number of hydroxylamine groups is 1. The molecule has 2 aromatic carbocycles. The van der Waals surface area contributed by atoms with Gasteiger partial charge in [-0.2, -0.15) is 0 Å². The predicted octanol–water partition coefficient (Wildman–Crippen LogP) is 4.49. The Labute approximate surface area is 192 Å². The van der Waals surface area contributed by atoms with Crippen LogP contribution < -0.4 is 15.8 Å². The van der Waals surface area contributed by atoms with E-state index in [1.807, 2.05) is 50.2 Å². The minimum absolute atomic E-state index is 0.144. The van der Waals surface area contributed by atoms with Gasteiger partial charge in [-0.25, -0.2) is 15.7 Å². The van der Waals surface area contributed by atoms with Gasteiger partial charge in [0.25, 0.3) is 0 Å². The summed E-state index contributed by atoms with van der Waals surface area (Å²) in [6.07, 6.45) is 0.645. The first-order valence-electron chi connectivity index (χ1n) is 10.1. The second-order valence-electron chi connectivity index (χ2n) is 7.27. The van der Waals surface area contributed by atoms with Crippen LogP contribution in [0.4, 0.5) is 10.5 Å². The summed E-state index contributed by atoms with van der Waals surface area (Å²) in [6, 6.07) is 12.9. The molecule has 1 heterocycles. The van der Waals surface area contributed by atoms with E-state index in [4.69, 9.17) is 16.4 Å². The average Bonchev–Trinajstić information content (AvgIpc) is 3.16. The number of halogens is 1. The third-order valence-electron chi connectivity index (χ3n) is 5.01. The number of hydrogen-bond donors (Lipinski definition) is 2. The molecule has 1 aliphatic rings. The minimum atomic E-state index is -0.330. The van der Waals surface area contributed by atoms with Crippen LogP contribution in [0, 0.1) is 6.92 Å². The molecule has 0 fully saturated rings. The van der Waals surface area contributed by atoms with Gasteiger partial charge in [0.15, 0.2) is 0 Å². The third-order valence-corrected chi connectivity index (χ3v) is 6.40. The van der Waals surface area contributed by atoms with Crippen molar-refractivity contribution < 1.29 is 14.4 Å². The molecule has 3 rings (SSSR count). The van der Waals surface area contributed by atoms with E-state index in [1.54, 1.807) is 16.7 Å². The molecule has 0 aromatic heterocycles. The molecule has 0 saturated carbocycles. The first kappa shape index (κ1) is 23.4. The van der Waals surface area contributed by atoms with Crippen molar-refractivity contribution in [3.05, 3.63) is 58.6 Å². The maximum absolute atomic E-state index is 12.6. The SMILES string of the molecule is CC[C@@H](CONC(=O)N1CSc2cc(C)ccc21)N(NCc1ccccc1Cl)C(C)=O. The van der Waals surface area contributed by atoms with Crippen molar-refractivity contribution in [1.29, 1.82) is 0 Å². The fourth-order valence-electron chi connectivity index (χ4n) is 3.27. The number of amides is 3. The molecule has 9 heteroatoms. The van der Waals surface area contributed by atoms with Crippen molar-refractivity contribution in [3.63, 3.8) is 0 Å². The van der Waals surface area contributed by atoms with Gasteiger partial charge in [0.2, 0.25) is 5.91 Å². The van der Waals surface area contributed by atoms with Gasteiger partial charge in [-0.1, -0.05) is 42.8 Å². The minimum Gasteiger partial charge on any atom is -0.282 e. The van der Waals surface area contributed by atoms with Crippen LogP contribution in [0.25, 0.3) is 0 Å². The van der Waals surface area contributed by atoms with Crippen molar-refractivity contribution in [2.45, 2.75) is 44.7 Å². The lowest BCUT2D eigenvalue weighted by Gasteiger charge is -2.30. The number of rotatable bonds is 8. The van der Waals surface area contributed by atoms with Gasteiger partial charge in [-0.3, -0.25) is 19.5 Å². The predicted molar refractivity (Wildman–Crippen MR) is 124 cm³/mol. The molecule has 1 aliphatic heterocycles. The molecule has 0 aliphatic carbocycles. The standard InChI is InChI=1S/C22H27ClN4O3S/c1-4-18(27(16(3)28)24-12-17-7-5-6-8-19(17)23)13-30-25-22(29)26-14-31-21-11-15(2)9-10-20(21)26/h5-11,18,24H,4,12-14H2,1-3H3,(H,25,29)/t18-/m0/s1. The molecular weight excluding hydrogens is 436 g/mol. The van der Waals surface area contributed by atoms with Gasteiger partial charge in [-0.15, -0.1) is 11.8 Å². The largest absolute Gasteiger partial charge is 0.346 e. The molecule has 0 saturated heterocycles. The number of urea groups is 1. The number of benzene rings is 2. The van der Waals surface area contributed by atoms with Crippen LogP contribution in [-0.2, 0) is 16.2 Å². The van der Waals surface area contributed by atoms with E-state index in [0.717, 1.165) is 21.7 Å². The fraction of sp³-hybridized carbons (Fsp3) is 0.364. The number of aryl methyl sites for hydroxylation is 1. The van der Waals surface area contributed by atoms with E-state index >= 15 is 0 Å². The van der Waals surface area contributed by atoms with Gasteiger partial charge in [0, 0.05) is 23.4 Å². The van der Waals surface area contributed by atoms with E-state index in [0.29, 0.717) is 23.9 Å². The van der Waals surface area contributed by atoms with Crippen LogP contribution in [0.2, 0.25) is 5.02 Å². The van der Waals surface area contributed by atoms with Gasteiger partial charge >= 0.3 is 6.03 Å². The Morgan fingerprint density at radius 1 is 1.29 bits per heavy atom. The highest BCUT2D eigenvalue weighted by molar-refractivity contribution is 8.00. The molecule has 1 atom stereocenters. The zero-order chi connectivity index (χ0) is 22.4. The first-order chi connectivity index (χ1) is 14.9. The molecular formula is C22H27ClN4O3S. The highest BCUT2D eigenvalue weighted by Crippen LogP contribution is 2.38.